The molecule has 3 rings (SSSR count). The van der Waals surface area contributed by atoms with Crippen molar-refractivity contribution in [2.45, 2.75) is 50.9 Å². The SMILES string of the molecule is Cc1nc(N2CCN(CC(F)(F)F)CC2)ccc1NC1CCC(N)CC1. The molecule has 0 aromatic carbocycles. The first-order valence-electron chi connectivity index (χ1n) is 9.34. The number of rotatable bonds is 4. The number of halogens is 3. The van der Waals surface area contributed by atoms with Gasteiger partial charge in [0.25, 0.3) is 0 Å². The van der Waals surface area contributed by atoms with Gasteiger partial charge in [-0.2, -0.15) is 13.2 Å². The summed E-state index contributed by atoms with van der Waals surface area (Å²) in [5.41, 5.74) is 7.91. The van der Waals surface area contributed by atoms with Crippen molar-refractivity contribution in [2.75, 3.05) is 42.9 Å². The first-order chi connectivity index (χ1) is 12.3. The van der Waals surface area contributed by atoms with Gasteiger partial charge in [-0.15, -0.1) is 0 Å². The van der Waals surface area contributed by atoms with E-state index in [0.717, 1.165) is 42.9 Å². The van der Waals surface area contributed by atoms with Gasteiger partial charge in [0.05, 0.1) is 17.9 Å². The van der Waals surface area contributed by atoms with E-state index in [-0.39, 0.29) is 0 Å². The van der Waals surface area contributed by atoms with Crippen LogP contribution in [0.1, 0.15) is 31.4 Å². The Morgan fingerprint density at radius 3 is 2.35 bits per heavy atom. The summed E-state index contributed by atoms with van der Waals surface area (Å²) in [5, 5.41) is 3.56. The Balaban J connectivity index is 1.55. The molecule has 0 radical (unpaired) electrons. The van der Waals surface area contributed by atoms with Crippen molar-refractivity contribution >= 4 is 11.5 Å². The third-order valence-corrected chi connectivity index (χ3v) is 5.30. The molecule has 8 heteroatoms. The number of nitrogens with zero attached hydrogens (tertiary/aromatic N) is 3. The normalized spacial score (nSPS) is 25.3. The summed E-state index contributed by atoms with van der Waals surface area (Å²) in [4.78, 5) is 8.19. The van der Waals surface area contributed by atoms with E-state index in [1.165, 1.54) is 4.90 Å². The van der Waals surface area contributed by atoms with Gasteiger partial charge in [0.15, 0.2) is 0 Å². The fourth-order valence-electron chi connectivity index (χ4n) is 3.75. The van der Waals surface area contributed by atoms with Crippen LogP contribution in [0.2, 0.25) is 0 Å². The first-order valence-corrected chi connectivity index (χ1v) is 9.34. The van der Waals surface area contributed by atoms with Gasteiger partial charge in [-0.3, -0.25) is 4.90 Å². The van der Waals surface area contributed by atoms with Gasteiger partial charge in [0, 0.05) is 38.3 Å². The Kier molecular flexibility index (Phi) is 5.92. The average Bonchev–Trinajstić information content (AvgIpc) is 2.58. The molecule has 26 heavy (non-hydrogen) atoms. The lowest BCUT2D eigenvalue weighted by molar-refractivity contribution is -0.146. The summed E-state index contributed by atoms with van der Waals surface area (Å²) in [7, 11) is 0. The van der Waals surface area contributed by atoms with Crippen LogP contribution in [0.25, 0.3) is 0 Å². The summed E-state index contributed by atoms with van der Waals surface area (Å²) in [6.45, 7) is 3.08. The summed E-state index contributed by atoms with van der Waals surface area (Å²) < 4.78 is 37.5. The van der Waals surface area contributed by atoms with E-state index in [0.29, 0.717) is 38.3 Å². The predicted octanol–water partition coefficient (Wildman–Crippen LogP) is 2.76. The molecule has 3 N–H and O–H groups in total. The Hall–Kier alpha value is -1.54. The molecule has 5 nitrogen and oxygen atoms in total. The number of hydrogen-bond donors (Lipinski definition) is 2. The second-order valence-electron chi connectivity index (χ2n) is 7.44. The topological polar surface area (TPSA) is 57.4 Å². The lowest BCUT2D eigenvalue weighted by atomic mass is 9.91. The van der Waals surface area contributed by atoms with Crippen LogP contribution in [-0.4, -0.2) is 60.9 Å². The maximum Gasteiger partial charge on any atom is 0.401 e. The lowest BCUT2D eigenvalue weighted by Crippen LogP contribution is -2.49. The molecule has 0 unspecified atom stereocenters. The minimum Gasteiger partial charge on any atom is -0.381 e. The minimum atomic E-state index is -4.13. The number of aromatic nitrogens is 1. The molecule has 0 bridgehead atoms. The highest BCUT2D eigenvalue weighted by Crippen LogP contribution is 2.25. The molecule has 2 aliphatic rings. The van der Waals surface area contributed by atoms with E-state index >= 15 is 0 Å². The van der Waals surface area contributed by atoms with E-state index in [4.69, 9.17) is 5.73 Å². The van der Waals surface area contributed by atoms with Crippen LogP contribution in [0.4, 0.5) is 24.7 Å². The molecule has 0 amide bonds. The first kappa shape index (κ1) is 19.2. The van der Waals surface area contributed by atoms with Gasteiger partial charge in [-0.25, -0.2) is 4.98 Å². The number of nitrogens with one attached hydrogen (secondary N) is 1. The average molecular weight is 371 g/mol. The number of hydrogen-bond acceptors (Lipinski definition) is 5. The fourth-order valence-corrected chi connectivity index (χ4v) is 3.75. The highest BCUT2D eigenvalue weighted by Gasteiger charge is 2.32. The Bertz CT molecular complexity index is 591. The zero-order valence-corrected chi connectivity index (χ0v) is 15.2. The number of alkyl halides is 3. The van der Waals surface area contributed by atoms with Crippen LogP contribution >= 0.6 is 0 Å². The standard InChI is InChI=1S/C18H28F3N5/c1-13-16(24-15-4-2-14(22)3-5-15)6-7-17(23-13)26-10-8-25(9-11-26)12-18(19,20)21/h6-7,14-15,24H,2-5,8-12,22H2,1H3. The fraction of sp³-hybridized carbons (Fsp3) is 0.722. The quantitative estimate of drug-likeness (QED) is 0.852. The number of aryl methyl sites for hydroxylation is 1. The number of pyridine rings is 1. The van der Waals surface area contributed by atoms with Gasteiger partial charge in [-0.05, 0) is 44.7 Å². The molecule has 2 fully saturated rings. The lowest BCUT2D eigenvalue weighted by Gasteiger charge is -2.36. The van der Waals surface area contributed by atoms with Gasteiger partial charge in [-0.1, -0.05) is 0 Å². The minimum absolute atomic E-state index is 0.325. The van der Waals surface area contributed by atoms with Crippen molar-refractivity contribution in [2.24, 2.45) is 5.73 Å². The Labute approximate surface area is 152 Å². The van der Waals surface area contributed by atoms with Crippen LogP contribution in [0.15, 0.2) is 12.1 Å². The third kappa shape index (κ3) is 5.23. The molecular formula is C18H28F3N5. The molecule has 1 aromatic rings. The smallest absolute Gasteiger partial charge is 0.381 e. The second-order valence-corrected chi connectivity index (χ2v) is 7.44. The molecule has 0 atom stereocenters. The molecule has 1 aromatic heterocycles. The van der Waals surface area contributed by atoms with Crippen molar-refractivity contribution in [1.29, 1.82) is 0 Å². The summed E-state index contributed by atoms with van der Waals surface area (Å²) in [6, 6.07) is 4.76. The van der Waals surface area contributed by atoms with Gasteiger partial charge < -0.3 is 16.0 Å². The van der Waals surface area contributed by atoms with Crippen LogP contribution in [0, 0.1) is 6.92 Å². The molecule has 1 aliphatic heterocycles. The molecule has 2 heterocycles. The van der Waals surface area contributed by atoms with Gasteiger partial charge in [0.1, 0.15) is 5.82 Å². The predicted molar refractivity (Wildman–Crippen MR) is 97.5 cm³/mol. The molecule has 146 valence electrons. The molecular weight excluding hydrogens is 343 g/mol. The van der Waals surface area contributed by atoms with Crippen LogP contribution in [0.3, 0.4) is 0 Å². The largest absolute Gasteiger partial charge is 0.401 e. The van der Waals surface area contributed by atoms with E-state index in [1.54, 1.807) is 0 Å². The van der Waals surface area contributed by atoms with E-state index in [9.17, 15) is 13.2 Å². The molecule has 1 saturated carbocycles. The van der Waals surface area contributed by atoms with Crippen LogP contribution in [-0.2, 0) is 0 Å². The van der Waals surface area contributed by atoms with Crippen molar-refractivity contribution in [3.63, 3.8) is 0 Å². The monoisotopic (exact) mass is 371 g/mol. The van der Waals surface area contributed by atoms with Crippen molar-refractivity contribution in [3.05, 3.63) is 17.8 Å². The summed E-state index contributed by atoms with van der Waals surface area (Å²) in [5.74, 6) is 0.838. The number of piperazine rings is 1. The zero-order valence-electron chi connectivity index (χ0n) is 15.2. The third-order valence-electron chi connectivity index (χ3n) is 5.30. The Morgan fingerprint density at radius 1 is 1.12 bits per heavy atom. The van der Waals surface area contributed by atoms with E-state index in [1.807, 2.05) is 19.1 Å². The summed E-state index contributed by atoms with van der Waals surface area (Å²) >= 11 is 0. The van der Waals surface area contributed by atoms with Crippen molar-refractivity contribution < 1.29 is 13.2 Å². The highest BCUT2D eigenvalue weighted by atomic mass is 19.4. The Morgan fingerprint density at radius 2 is 1.77 bits per heavy atom. The molecule has 1 aliphatic carbocycles. The second kappa shape index (κ2) is 8.00. The molecule has 0 spiro atoms. The van der Waals surface area contributed by atoms with E-state index in [2.05, 4.69) is 15.2 Å². The number of anilines is 2. The highest BCUT2D eigenvalue weighted by molar-refractivity contribution is 5.54. The summed E-state index contributed by atoms with van der Waals surface area (Å²) in [6.07, 6.45) is 0.106. The van der Waals surface area contributed by atoms with Gasteiger partial charge >= 0.3 is 6.18 Å². The van der Waals surface area contributed by atoms with Crippen molar-refractivity contribution in [1.82, 2.24) is 9.88 Å². The maximum atomic E-state index is 12.5. The van der Waals surface area contributed by atoms with E-state index < -0.39 is 12.7 Å². The van der Waals surface area contributed by atoms with Crippen LogP contribution < -0.4 is 16.0 Å². The van der Waals surface area contributed by atoms with Gasteiger partial charge in [0.2, 0.25) is 0 Å². The molecule has 1 saturated heterocycles. The maximum absolute atomic E-state index is 12.5. The van der Waals surface area contributed by atoms with Crippen LogP contribution in [0.5, 0.6) is 0 Å². The van der Waals surface area contributed by atoms with Crippen molar-refractivity contribution in [3.8, 4) is 0 Å². The number of nitrogens with two attached hydrogens (primary N) is 1. The zero-order chi connectivity index (χ0) is 18.7.